The van der Waals surface area contributed by atoms with Gasteiger partial charge in [0.25, 0.3) is 0 Å². The Labute approximate surface area is 124 Å². The van der Waals surface area contributed by atoms with Gasteiger partial charge in [0.15, 0.2) is 11.4 Å². The number of aliphatic hydroxyl groups excluding tert-OH is 1. The highest BCUT2D eigenvalue weighted by Crippen LogP contribution is 2.32. The van der Waals surface area contributed by atoms with Crippen molar-refractivity contribution in [3.8, 4) is 0 Å². The number of fused-ring (bicyclic) bond motifs is 1. The number of aryl methyl sites for hydroxylation is 1. The summed E-state index contributed by atoms with van der Waals surface area (Å²) in [6, 6.07) is 12.0. The van der Waals surface area contributed by atoms with E-state index >= 15 is 0 Å². The fourth-order valence-electron chi connectivity index (χ4n) is 2.24. The lowest BCUT2D eigenvalue weighted by Gasteiger charge is -2.11. The maximum atomic E-state index is 13.6. The van der Waals surface area contributed by atoms with E-state index in [9.17, 15) is 9.50 Å². The molecular formula is C16H12BrFO2. The summed E-state index contributed by atoms with van der Waals surface area (Å²) in [5, 5.41) is 11.1. The molecule has 3 aromatic rings. The predicted molar refractivity (Wildman–Crippen MR) is 79.1 cm³/mol. The summed E-state index contributed by atoms with van der Waals surface area (Å²) in [6.07, 6.45) is -0.917. The molecule has 20 heavy (non-hydrogen) atoms. The maximum absolute atomic E-state index is 13.6. The molecule has 0 aliphatic heterocycles. The molecule has 0 saturated heterocycles. The Hall–Kier alpha value is -1.65. The molecule has 0 aliphatic carbocycles. The van der Waals surface area contributed by atoms with E-state index in [1.54, 1.807) is 18.2 Å². The second kappa shape index (κ2) is 5.04. The average molecular weight is 335 g/mol. The van der Waals surface area contributed by atoms with Gasteiger partial charge in [-0.1, -0.05) is 34.1 Å². The minimum Gasteiger partial charge on any atom is -0.455 e. The molecule has 3 rings (SSSR count). The van der Waals surface area contributed by atoms with Crippen LogP contribution in [0.5, 0.6) is 0 Å². The molecule has 0 amide bonds. The van der Waals surface area contributed by atoms with Gasteiger partial charge in [-0.05, 0) is 42.3 Å². The van der Waals surface area contributed by atoms with Crippen LogP contribution in [-0.2, 0) is 0 Å². The van der Waals surface area contributed by atoms with E-state index in [1.165, 1.54) is 6.07 Å². The number of halogens is 2. The number of rotatable bonds is 2. The van der Waals surface area contributed by atoms with Crippen molar-refractivity contribution in [2.45, 2.75) is 13.0 Å². The minimum absolute atomic E-state index is 0.175. The number of furan rings is 1. The molecule has 0 aliphatic rings. The largest absolute Gasteiger partial charge is 0.455 e. The molecule has 0 radical (unpaired) electrons. The van der Waals surface area contributed by atoms with E-state index in [0.29, 0.717) is 11.1 Å². The van der Waals surface area contributed by atoms with Gasteiger partial charge < -0.3 is 9.52 Å². The Bertz CT molecular complexity index is 779. The van der Waals surface area contributed by atoms with Gasteiger partial charge in [0.1, 0.15) is 11.9 Å². The summed E-state index contributed by atoms with van der Waals surface area (Å²) in [7, 11) is 0. The van der Waals surface area contributed by atoms with Gasteiger partial charge in [-0.3, -0.25) is 0 Å². The highest BCUT2D eigenvalue weighted by Gasteiger charge is 2.19. The lowest BCUT2D eigenvalue weighted by Crippen LogP contribution is -2.00. The number of aliphatic hydroxyl groups is 1. The van der Waals surface area contributed by atoms with Crippen molar-refractivity contribution in [3.63, 3.8) is 0 Å². The monoisotopic (exact) mass is 334 g/mol. The fraction of sp³-hybridized carbons (Fsp3) is 0.125. The van der Waals surface area contributed by atoms with E-state index in [4.69, 9.17) is 4.42 Å². The zero-order chi connectivity index (χ0) is 14.3. The lowest BCUT2D eigenvalue weighted by molar-refractivity contribution is 0.191. The van der Waals surface area contributed by atoms with Gasteiger partial charge >= 0.3 is 0 Å². The number of benzene rings is 2. The summed E-state index contributed by atoms with van der Waals surface area (Å²) in [6.45, 7) is 1.91. The molecule has 1 aromatic heterocycles. The van der Waals surface area contributed by atoms with Gasteiger partial charge in [-0.15, -0.1) is 0 Å². The van der Waals surface area contributed by atoms with Crippen molar-refractivity contribution in [2.75, 3.05) is 0 Å². The van der Waals surface area contributed by atoms with Crippen LogP contribution >= 0.6 is 15.9 Å². The third kappa shape index (κ3) is 2.25. The second-order valence-electron chi connectivity index (χ2n) is 4.71. The van der Waals surface area contributed by atoms with Crippen molar-refractivity contribution >= 4 is 26.9 Å². The first kappa shape index (κ1) is 13.3. The highest BCUT2D eigenvalue weighted by molar-refractivity contribution is 9.10. The molecule has 2 aromatic carbocycles. The van der Waals surface area contributed by atoms with Crippen molar-refractivity contribution < 1.29 is 13.9 Å². The van der Waals surface area contributed by atoms with E-state index in [2.05, 4.69) is 15.9 Å². The topological polar surface area (TPSA) is 33.4 Å². The Balaban J connectivity index is 2.10. The van der Waals surface area contributed by atoms with E-state index < -0.39 is 11.9 Å². The highest BCUT2D eigenvalue weighted by atomic mass is 79.9. The molecule has 1 N–H and O–H groups in total. The van der Waals surface area contributed by atoms with Crippen LogP contribution in [-0.4, -0.2) is 5.11 Å². The van der Waals surface area contributed by atoms with Crippen LogP contribution in [0.3, 0.4) is 0 Å². The van der Waals surface area contributed by atoms with Crippen molar-refractivity contribution in [3.05, 3.63) is 69.6 Å². The summed E-state index contributed by atoms with van der Waals surface area (Å²) in [4.78, 5) is 0. The van der Waals surface area contributed by atoms with Gasteiger partial charge in [-0.2, -0.15) is 0 Å². The van der Waals surface area contributed by atoms with Gasteiger partial charge in [0.2, 0.25) is 0 Å². The Morgan fingerprint density at radius 1 is 1.20 bits per heavy atom. The first-order valence-corrected chi connectivity index (χ1v) is 6.97. The van der Waals surface area contributed by atoms with E-state index in [-0.39, 0.29) is 5.58 Å². The molecule has 0 saturated carbocycles. The molecule has 0 spiro atoms. The number of hydrogen-bond donors (Lipinski definition) is 1. The normalized spacial score (nSPS) is 12.8. The van der Waals surface area contributed by atoms with Crippen LogP contribution < -0.4 is 0 Å². The molecule has 1 unspecified atom stereocenters. The van der Waals surface area contributed by atoms with Gasteiger partial charge in [-0.25, -0.2) is 4.39 Å². The quantitative estimate of drug-likeness (QED) is 0.735. The summed E-state index contributed by atoms with van der Waals surface area (Å²) >= 11 is 3.38. The third-order valence-corrected chi connectivity index (χ3v) is 3.81. The van der Waals surface area contributed by atoms with Crippen LogP contribution in [0.2, 0.25) is 0 Å². The predicted octanol–water partition coefficient (Wildman–Crippen LogP) is 4.72. The Morgan fingerprint density at radius 3 is 2.75 bits per heavy atom. The Morgan fingerprint density at radius 2 is 2.00 bits per heavy atom. The molecular weight excluding hydrogens is 323 g/mol. The maximum Gasteiger partial charge on any atom is 0.170 e. The van der Waals surface area contributed by atoms with Crippen LogP contribution in [0.4, 0.5) is 4.39 Å². The molecule has 4 heteroatoms. The van der Waals surface area contributed by atoms with E-state index in [1.807, 2.05) is 25.1 Å². The van der Waals surface area contributed by atoms with Crippen LogP contribution in [0.25, 0.3) is 11.0 Å². The second-order valence-corrected chi connectivity index (χ2v) is 5.63. The zero-order valence-electron chi connectivity index (χ0n) is 10.7. The number of hydrogen-bond acceptors (Lipinski definition) is 2. The Kier molecular flexibility index (Phi) is 3.36. The van der Waals surface area contributed by atoms with E-state index in [0.717, 1.165) is 15.6 Å². The molecule has 1 atom stereocenters. The minimum atomic E-state index is -0.917. The van der Waals surface area contributed by atoms with Gasteiger partial charge in [0.05, 0.1) is 0 Å². The summed E-state index contributed by atoms with van der Waals surface area (Å²) in [5.74, 6) is -0.0850. The van der Waals surface area contributed by atoms with Crippen molar-refractivity contribution in [2.24, 2.45) is 0 Å². The van der Waals surface area contributed by atoms with Crippen LogP contribution in [0, 0.1) is 12.7 Å². The zero-order valence-corrected chi connectivity index (χ0v) is 12.3. The summed E-state index contributed by atoms with van der Waals surface area (Å²) in [5.41, 5.74) is 1.86. The SMILES string of the molecule is Cc1ccc(Br)cc1C(O)c1cc2cccc(F)c2o1. The summed E-state index contributed by atoms with van der Waals surface area (Å²) < 4.78 is 20.0. The molecule has 1 heterocycles. The first-order valence-electron chi connectivity index (χ1n) is 6.18. The lowest BCUT2D eigenvalue weighted by atomic mass is 10.0. The van der Waals surface area contributed by atoms with Crippen LogP contribution in [0.1, 0.15) is 23.0 Å². The molecule has 0 fully saturated rings. The fourth-order valence-corrected chi connectivity index (χ4v) is 2.62. The van der Waals surface area contributed by atoms with Crippen molar-refractivity contribution in [1.82, 2.24) is 0 Å². The van der Waals surface area contributed by atoms with Crippen molar-refractivity contribution in [1.29, 1.82) is 0 Å². The standard InChI is InChI=1S/C16H12BrFO2/c1-9-5-6-11(17)8-12(9)15(19)14-7-10-3-2-4-13(18)16(10)20-14/h2-8,15,19H,1H3. The van der Waals surface area contributed by atoms with Gasteiger partial charge in [0, 0.05) is 9.86 Å². The average Bonchev–Trinajstić information content (AvgIpc) is 2.86. The first-order chi connectivity index (χ1) is 9.56. The number of para-hydroxylation sites is 1. The molecule has 2 nitrogen and oxygen atoms in total. The smallest absolute Gasteiger partial charge is 0.170 e. The molecule has 0 bridgehead atoms. The molecule has 102 valence electrons. The van der Waals surface area contributed by atoms with Crippen LogP contribution in [0.15, 0.2) is 51.4 Å². The third-order valence-electron chi connectivity index (χ3n) is 3.32.